The average Bonchev–Trinajstić information content (AvgIpc) is 2.79. The Morgan fingerprint density at radius 1 is 0.966 bits per heavy atom. The number of piperidine rings is 1. The van der Waals surface area contributed by atoms with Gasteiger partial charge in [-0.05, 0) is 37.0 Å². The average molecular weight is 386 g/mol. The molecule has 148 valence electrons. The summed E-state index contributed by atoms with van der Waals surface area (Å²) < 4.78 is 0. The maximum Gasteiger partial charge on any atom is 0.272 e. The van der Waals surface area contributed by atoms with Crippen LogP contribution in [-0.4, -0.2) is 33.5 Å². The van der Waals surface area contributed by atoms with Gasteiger partial charge in [-0.2, -0.15) is 0 Å². The van der Waals surface area contributed by atoms with Crippen LogP contribution < -0.4 is 0 Å². The van der Waals surface area contributed by atoms with Crippen LogP contribution in [0.5, 0.6) is 0 Å². The highest BCUT2D eigenvalue weighted by Crippen LogP contribution is 2.47. The van der Waals surface area contributed by atoms with E-state index in [1.807, 2.05) is 71.6 Å². The number of hydrogen-bond acceptors (Lipinski definition) is 3. The lowest BCUT2D eigenvalue weighted by atomic mass is 9.66. The number of rotatable bonds is 2. The molecule has 0 radical (unpaired) electrons. The van der Waals surface area contributed by atoms with Crippen molar-refractivity contribution in [1.29, 1.82) is 0 Å². The van der Waals surface area contributed by atoms with Crippen LogP contribution in [0, 0.1) is 5.92 Å². The van der Waals surface area contributed by atoms with Crippen molar-refractivity contribution in [2.24, 2.45) is 5.92 Å². The molecule has 1 aromatic heterocycles. The van der Waals surface area contributed by atoms with Gasteiger partial charge in [0.15, 0.2) is 0 Å². The minimum atomic E-state index is -0.861. The predicted octanol–water partition coefficient (Wildman–Crippen LogP) is 4.53. The Hall–Kier alpha value is -2.72. The van der Waals surface area contributed by atoms with Gasteiger partial charge in [-0.1, -0.05) is 67.4 Å². The molecule has 2 heterocycles. The van der Waals surface area contributed by atoms with Gasteiger partial charge < -0.3 is 10.0 Å². The fourth-order valence-electron chi connectivity index (χ4n) is 5.35. The lowest BCUT2D eigenvalue weighted by Crippen LogP contribution is -2.59. The van der Waals surface area contributed by atoms with E-state index in [2.05, 4.69) is 4.98 Å². The minimum absolute atomic E-state index is 0.0113. The Labute approximate surface area is 171 Å². The van der Waals surface area contributed by atoms with Gasteiger partial charge in [0.2, 0.25) is 0 Å². The Morgan fingerprint density at radius 2 is 1.72 bits per heavy atom. The molecular formula is C25H26N2O2. The molecule has 1 aliphatic heterocycles. The van der Waals surface area contributed by atoms with Crippen LogP contribution in [0.2, 0.25) is 0 Å². The smallest absolute Gasteiger partial charge is 0.272 e. The van der Waals surface area contributed by atoms with Gasteiger partial charge in [-0.15, -0.1) is 0 Å². The van der Waals surface area contributed by atoms with Crippen molar-refractivity contribution in [3.63, 3.8) is 0 Å². The quantitative estimate of drug-likeness (QED) is 0.704. The fraction of sp³-hybridized carbons (Fsp3) is 0.360. The summed E-state index contributed by atoms with van der Waals surface area (Å²) in [5, 5.41) is 12.7. The third kappa shape index (κ3) is 3.12. The van der Waals surface area contributed by atoms with Gasteiger partial charge in [-0.25, -0.2) is 4.98 Å². The number of aromatic nitrogens is 1. The van der Waals surface area contributed by atoms with Crippen molar-refractivity contribution in [3.05, 3.63) is 78.0 Å². The molecule has 3 atom stereocenters. The number of likely N-dealkylation sites (tertiary alicyclic amines) is 1. The van der Waals surface area contributed by atoms with Crippen molar-refractivity contribution in [1.82, 2.24) is 9.88 Å². The second kappa shape index (κ2) is 7.27. The van der Waals surface area contributed by atoms with Gasteiger partial charge in [0.25, 0.3) is 5.91 Å². The molecule has 1 amide bonds. The molecule has 2 fully saturated rings. The number of carbonyl (C=O) groups excluding carboxylic acids is 1. The molecule has 4 heteroatoms. The second-order valence-electron chi connectivity index (χ2n) is 8.39. The number of hydrogen-bond donors (Lipinski definition) is 1. The maximum atomic E-state index is 13.4. The fourth-order valence-corrected chi connectivity index (χ4v) is 5.35. The van der Waals surface area contributed by atoms with Crippen molar-refractivity contribution in [2.45, 2.75) is 43.7 Å². The molecule has 1 saturated heterocycles. The van der Waals surface area contributed by atoms with Crippen LogP contribution in [-0.2, 0) is 5.60 Å². The van der Waals surface area contributed by atoms with E-state index in [9.17, 15) is 9.90 Å². The first-order valence-corrected chi connectivity index (χ1v) is 10.6. The van der Waals surface area contributed by atoms with E-state index in [1.165, 1.54) is 0 Å². The molecule has 1 unspecified atom stereocenters. The topological polar surface area (TPSA) is 53.4 Å². The summed E-state index contributed by atoms with van der Waals surface area (Å²) in [6, 6.07) is 21.7. The highest BCUT2D eigenvalue weighted by Gasteiger charge is 2.50. The predicted molar refractivity (Wildman–Crippen MR) is 113 cm³/mol. The number of benzene rings is 2. The molecule has 1 N–H and O–H groups in total. The summed E-state index contributed by atoms with van der Waals surface area (Å²) in [6.07, 6.45) is 4.66. The largest absolute Gasteiger partial charge is 0.385 e. The van der Waals surface area contributed by atoms with E-state index in [0.717, 1.165) is 42.1 Å². The van der Waals surface area contributed by atoms with Gasteiger partial charge >= 0.3 is 0 Å². The summed E-state index contributed by atoms with van der Waals surface area (Å²) in [5.41, 5.74) is 1.46. The normalized spacial score (nSPS) is 26.9. The standard InChI is InChI=1S/C25H26N2O2/c28-24(22-15-14-18-8-4-6-12-21(18)26-22)27-17-16-25(29,19-9-2-1-3-10-19)20-11-5-7-13-23(20)27/h1-4,6,8-10,12,14-15,20,23,29H,5,7,11,13,16-17H2/t20-,23+,25?/m1/s1. The molecule has 2 aliphatic rings. The van der Waals surface area contributed by atoms with Gasteiger partial charge in [0.05, 0.1) is 11.1 Å². The molecule has 2 aromatic carbocycles. The van der Waals surface area contributed by atoms with E-state index >= 15 is 0 Å². The highest BCUT2D eigenvalue weighted by molar-refractivity contribution is 5.95. The zero-order valence-corrected chi connectivity index (χ0v) is 16.5. The number of para-hydroxylation sites is 1. The monoisotopic (exact) mass is 386 g/mol. The summed E-state index contributed by atoms with van der Waals surface area (Å²) in [7, 11) is 0. The number of fused-ring (bicyclic) bond motifs is 2. The number of aliphatic hydroxyl groups is 1. The van der Waals surface area contributed by atoms with E-state index in [-0.39, 0.29) is 17.9 Å². The van der Waals surface area contributed by atoms with Crippen molar-refractivity contribution < 1.29 is 9.90 Å². The van der Waals surface area contributed by atoms with Crippen molar-refractivity contribution in [2.75, 3.05) is 6.54 Å². The van der Waals surface area contributed by atoms with Crippen LogP contribution in [0.15, 0.2) is 66.7 Å². The third-order valence-corrected chi connectivity index (χ3v) is 6.83. The van der Waals surface area contributed by atoms with E-state index < -0.39 is 5.60 Å². The molecule has 5 rings (SSSR count). The minimum Gasteiger partial charge on any atom is -0.385 e. The molecule has 29 heavy (non-hydrogen) atoms. The number of pyridine rings is 1. The molecule has 0 spiro atoms. The molecule has 1 aliphatic carbocycles. The van der Waals surface area contributed by atoms with Crippen LogP contribution in [0.4, 0.5) is 0 Å². The summed E-state index contributed by atoms with van der Waals surface area (Å²) >= 11 is 0. The third-order valence-electron chi connectivity index (χ3n) is 6.83. The first kappa shape index (κ1) is 18.3. The molecule has 3 aromatic rings. The highest BCUT2D eigenvalue weighted by atomic mass is 16.3. The summed E-state index contributed by atoms with van der Waals surface area (Å²) in [5.74, 6) is 0.0552. The molecule has 1 saturated carbocycles. The summed E-state index contributed by atoms with van der Waals surface area (Å²) in [4.78, 5) is 20.0. The second-order valence-corrected chi connectivity index (χ2v) is 8.39. The van der Waals surface area contributed by atoms with Crippen molar-refractivity contribution in [3.8, 4) is 0 Å². The summed E-state index contributed by atoms with van der Waals surface area (Å²) in [6.45, 7) is 0.555. The lowest BCUT2D eigenvalue weighted by molar-refractivity contribution is -0.110. The first-order chi connectivity index (χ1) is 14.2. The lowest BCUT2D eigenvalue weighted by Gasteiger charge is -2.52. The van der Waals surface area contributed by atoms with Crippen LogP contribution in [0.25, 0.3) is 10.9 Å². The SMILES string of the molecule is O=C(c1ccc2ccccc2n1)N1CCC(O)(c2ccccc2)[C@@H]2CCCC[C@@H]21. The number of amides is 1. The number of nitrogens with zero attached hydrogens (tertiary/aromatic N) is 2. The number of carbonyl (C=O) groups is 1. The molecule has 0 bridgehead atoms. The van der Waals surface area contributed by atoms with E-state index in [0.29, 0.717) is 18.7 Å². The van der Waals surface area contributed by atoms with E-state index in [4.69, 9.17) is 0 Å². The van der Waals surface area contributed by atoms with Crippen LogP contribution in [0.3, 0.4) is 0 Å². The Morgan fingerprint density at radius 3 is 2.59 bits per heavy atom. The van der Waals surface area contributed by atoms with Gasteiger partial charge in [0.1, 0.15) is 5.69 Å². The first-order valence-electron chi connectivity index (χ1n) is 10.6. The van der Waals surface area contributed by atoms with Crippen LogP contribution in [0.1, 0.15) is 48.2 Å². The maximum absolute atomic E-state index is 13.4. The zero-order chi connectivity index (χ0) is 19.8. The van der Waals surface area contributed by atoms with E-state index in [1.54, 1.807) is 0 Å². The van der Waals surface area contributed by atoms with Crippen LogP contribution >= 0.6 is 0 Å². The Bertz CT molecular complexity index is 1040. The Kier molecular flexibility index (Phi) is 4.59. The van der Waals surface area contributed by atoms with Gasteiger partial charge in [0, 0.05) is 23.9 Å². The van der Waals surface area contributed by atoms with Crippen molar-refractivity contribution >= 4 is 16.8 Å². The zero-order valence-electron chi connectivity index (χ0n) is 16.5. The van der Waals surface area contributed by atoms with Gasteiger partial charge in [-0.3, -0.25) is 4.79 Å². The molecular weight excluding hydrogens is 360 g/mol. The molecule has 4 nitrogen and oxygen atoms in total. The Balaban J connectivity index is 1.47.